The molecule has 0 amide bonds. The van der Waals surface area contributed by atoms with Crippen molar-refractivity contribution in [3.05, 3.63) is 24.0 Å². The molecule has 5 nitrogen and oxygen atoms in total. The number of rotatable bonds is 4. The first-order chi connectivity index (χ1) is 9.40. The highest BCUT2D eigenvalue weighted by Crippen LogP contribution is 2.31. The van der Waals surface area contributed by atoms with Gasteiger partial charge in [0.25, 0.3) is 0 Å². The topological polar surface area (TPSA) is 69.6 Å². The molecule has 0 atom stereocenters. The average molecular weight is 303 g/mol. The van der Waals surface area contributed by atoms with Crippen LogP contribution in [0.5, 0.6) is 0 Å². The van der Waals surface area contributed by atoms with Crippen molar-refractivity contribution >= 4 is 11.8 Å². The first kappa shape index (κ1) is 14.8. The minimum Gasteiger partial charge on any atom is -0.330 e. The quantitative estimate of drug-likeness (QED) is 0.690. The smallest absolute Gasteiger partial charge is 0.330 e. The molecule has 0 radical (unpaired) electrons. The Labute approximate surface area is 117 Å². The molecule has 0 aromatic carbocycles. The molecule has 20 heavy (non-hydrogen) atoms. The summed E-state index contributed by atoms with van der Waals surface area (Å²) in [4.78, 5) is 7.60. The van der Waals surface area contributed by atoms with Gasteiger partial charge in [-0.2, -0.15) is 18.3 Å². The summed E-state index contributed by atoms with van der Waals surface area (Å²) in [5.41, 5.74) is 4.88. The lowest BCUT2D eigenvalue weighted by molar-refractivity contribution is -0.141. The Kier molecular flexibility index (Phi) is 4.29. The van der Waals surface area contributed by atoms with E-state index < -0.39 is 11.9 Å². The summed E-state index contributed by atoms with van der Waals surface area (Å²) in [5.74, 6) is 0.447. The predicted octanol–water partition coefficient (Wildman–Crippen LogP) is 1.95. The zero-order valence-corrected chi connectivity index (χ0v) is 11.4. The van der Waals surface area contributed by atoms with Gasteiger partial charge >= 0.3 is 6.18 Å². The van der Waals surface area contributed by atoms with Gasteiger partial charge in [-0.25, -0.2) is 9.97 Å². The molecule has 108 valence electrons. The number of thioether (sulfide) groups is 1. The molecule has 2 aromatic rings. The van der Waals surface area contributed by atoms with E-state index in [0.717, 1.165) is 17.8 Å². The van der Waals surface area contributed by atoms with Crippen LogP contribution in [0.1, 0.15) is 5.69 Å². The van der Waals surface area contributed by atoms with E-state index in [4.69, 9.17) is 5.73 Å². The van der Waals surface area contributed by atoms with Gasteiger partial charge in [0.1, 0.15) is 11.4 Å². The van der Waals surface area contributed by atoms with E-state index in [2.05, 4.69) is 15.1 Å². The van der Waals surface area contributed by atoms with E-state index in [1.807, 2.05) is 0 Å². The number of halogens is 3. The maximum absolute atomic E-state index is 12.8. The Balaban J connectivity index is 2.45. The van der Waals surface area contributed by atoms with Crippen LogP contribution in [0.2, 0.25) is 0 Å². The van der Waals surface area contributed by atoms with Crippen molar-refractivity contribution in [3.8, 4) is 11.4 Å². The lowest BCUT2D eigenvalue weighted by Gasteiger charge is -2.09. The van der Waals surface area contributed by atoms with Crippen LogP contribution in [0.3, 0.4) is 0 Å². The first-order valence-corrected chi connectivity index (χ1v) is 6.68. The molecule has 0 spiro atoms. The fourth-order valence-corrected chi connectivity index (χ4v) is 2.09. The number of alkyl halides is 3. The molecule has 2 aromatic heterocycles. The van der Waals surface area contributed by atoms with Crippen molar-refractivity contribution in [1.82, 2.24) is 19.7 Å². The highest BCUT2D eigenvalue weighted by Gasteiger charge is 2.34. The number of hydrogen-bond acceptors (Lipinski definition) is 5. The van der Waals surface area contributed by atoms with Crippen LogP contribution in [0.15, 0.2) is 23.5 Å². The Morgan fingerprint density at radius 2 is 2.05 bits per heavy atom. The van der Waals surface area contributed by atoms with Gasteiger partial charge in [0, 0.05) is 25.5 Å². The van der Waals surface area contributed by atoms with Gasteiger partial charge in [0.15, 0.2) is 5.16 Å². The van der Waals surface area contributed by atoms with Crippen molar-refractivity contribution in [3.63, 3.8) is 0 Å². The number of nitrogens with zero attached hydrogens (tertiary/aromatic N) is 4. The summed E-state index contributed by atoms with van der Waals surface area (Å²) in [7, 11) is 1.68. The normalized spacial score (nSPS) is 11.8. The van der Waals surface area contributed by atoms with Crippen molar-refractivity contribution in [2.75, 3.05) is 12.3 Å². The summed E-state index contributed by atoms with van der Waals surface area (Å²) < 4.78 is 40.0. The van der Waals surface area contributed by atoms with Crippen LogP contribution in [0, 0.1) is 0 Å². The van der Waals surface area contributed by atoms with E-state index in [1.165, 1.54) is 4.68 Å². The molecule has 0 aliphatic carbocycles. The zero-order chi connectivity index (χ0) is 14.8. The molecule has 0 unspecified atom stereocenters. The summed E-state index contributed by atoms with van der Waals surface area (Å²) >= 11 is 1.08. The van der Waals surface area contributed by atoms with Crippen molar-refractivity contribution < 1.29 is 13.2 Å². The van der Waals surface area contributed by atoms with Gasteiger partial charge in [-0.15, -0.1) is 0 Å². The summed E-state index contributed by atoms with van der Waals surface area (Å²) in [6.45, 7) is 0.337. The van der Waals surface area contributed by atoms with Crippen molar-refractivity contribution in [2.45, 2.75) is 11.3 Å². The summed E-state index contributed by atoms with van der Waals surface area (Å²) in [6.07, 6.45) is -2.89. The van der Waals surface area contributed by atoms with E-state index in [-0.39, 0.29) is 10.9 Å². The lowest BCUT2D eigenvalue weighted by Crippen LogP contribution is -2.11. The molecule has 0 aliphatic heterocycles. The third kappa shape index (κ3) is 3.48. The Morgan fingerprint density at radius 3 is 2.60 bits per heavy atom. The monoisotopic (exact) mass is 303 g/mol. The molecular weight excluding hydrogens is 291 g/mol. The number of aromatic nitrogens is 4. The minimum absolute atomic E-state index is 0.0472. The second-order valence-electron chi connectivity index (χ2n) is 3.93. The predicted molar refractivity (Wildman–Crippen MR) is 69.0 cm³/mol. The van der Waals surface area contributed by atoms with Crippen LogP contribution in [0.25, 0.3) is 11.4 Å². The first-order valence-electron chi connectivity index (χ1n) is 5.69. The fraction of sp³-hybridized carbons (Fsp3) is 0.364. The number of nitrogens with two attached hydrogens (primary N) is 1. The molecule has 0 saturated carbocycles. The highest BCUT2D eigenvalue weighted by molar-refractivity contribution is 7.99. The molecule has 0 bridgehead atoms. The molecule has 2 heterocycles. The standard InChI is InChI=1S/C11H12F3N5S/c1-19-4-2-7(18-19)8-6-9(11(12,13)14)17-10(16-8)20-5-3-15/h2,4,6H,3,5,15H2,1H3. The highest BCUT2D eigenvalue weighted by atomic mass is 32.2. The van der Waals surface area contributed by atoms with Gasteiger partial charge in [-0.3, -0.25) is 4.68 Å². The van der Waals surface area contributed by atoms with Crippen LogP contribution < -0.4 is 5.73 Å². The van der Waals surface area contributed by atoms with E-state index in [9.17, 15) is 13.2 Å². The second kappa shape index (κ2) is 5.80. The Hall–Kier alpha value is -1.61. The number of aryl methyl sites for hydroxylation is 1. The molecule has 2 N–H and O–H groups in total. The van der Waals surface area contributed by atoms with E-state index >= 15 is 0 Å². The van der Waals surface area contributed by atoms with Gasteiger partial charge in [0.2, 0.25) is 0 Å². The molecule has 0 fully saturated rings. The Bertz CT molecular complexity index is 596. The van der Waals surface area contributed by atoms with Crippen LogP contribution >= 0.6 is 11.8 Å². The van der Waals surface area contributed by atoms with Gasteiger partial charge < -0.3 is 5.73 Å². The van der Waals surface area contributed by atoms with E-state index in [1.54, 1.807) is 19.3 Å². The summed E-state index contributed by atoms with van der Waals surface area (Å²) in [5, 5.41) is 4.10. The SMILES string of the molecule is Cn1ccc(-c2cc(C(F)(F)F)nc(SCCN)n2)n1. The molecular formula is C11H12F3N5S. The Morgan fingerprint density at radius 1 is 1.30 bits per heavy atom. The second-order valence-corrected chi connectivity index (χ2v) is 4.99. The lowest BCUT2D eigenvalue weighted by atomic mass is 10.2. The van der Waals surface area contributed by atoms with Crippen molar-refractivity contribution in [2.24, 2.45) is 12.8 Å². The fourth-order valence-electron chi connectivity index (χ4n) is 1.47. The molecule has 9 heteroatoms. The molecule has 0 saturated heterocycles. The molecule has 2 rings (SSSR count). The van der Waals surface area contributed by atoms with E-state index in [0.29, 0.717) is 18.0 Å². The van der Waals surface area contributed by atoms with Gasteiger partial charge in [0.05, 0.1) is 5.69 Å². The van der Waals surface area contributed by atoms with Crippen molar-refractivity contribution in [1.29, 1.82) is 0 Å². The minimum atomic E-state index is -4.52. The van der Waals surface area contributed by atoms with Gasteiger partial charge in [-0.05, 0) is 12.1 Å². The third-order valence-corrected chi connectivity index (χ3v) is 3.20. The number of hydrogen-bond donors (Lipinski definition) is 1. The third-order valence-electron chi connectivity index (χ3n) is 2.32. The van der Waals surface area contributed by atoms with Crippen LogP contribution in [0.4, 0.5) is 13.2 Å². The van der Waals surface area contributed by atoms with Crippen LogP contribution in [-0.4, -0.2) is 32.0 Å². The maximum Gasteiger partial charge on any atom is 0.433 e. The average Bonchev–Trinajstić information content (AvgIpc) is 2.82. The maximum atomic E-state index is 12.8. The van der Waals surface area contributed by atoms with Crippen LogP contribution in [-0.2, 0) is 13.2 Å². The van der Waals surface area contributed by atoms with Gasteiger partial charge in [-0.1, -0.05) is 11.8 Å². The molecule has 0 aliphatic rings. The zero-order valence-electron chi connectivity index (χ0n) is 10.6. The summed E-state index contributed by atoms with van der Waals surface area (Å²) in [6, 6.07) is 2.49. The largest absolute Gasteiger partial charge is 0.433 e.